The number of carbonyl (C=O) groups is 1. The molecule has 1 saturated heterocycles. The maximum atomic E-state index is 13.0. The number of amides is 1. The molecule has 0 saturated carbocycles. The molecule has 0 atom stereocenters. The van der Waals surface area contributed by atoms with Gasteiger partial charge in [-0.25, -0.2) is 4.98 Å². The van der Waals surface area contributed by atoms with Crippen LogP contribution in [-0.4, -0.2) is 60.7 Å². The Morgan fingerprint density at radius 3 is 2.58 bits per heavy atom. The van der Waals surface area contributed by atoms with Crippen molar-refractivity contribution in [2.45, 2.75) is 6.92 Å². The van der Waals surface area contributed by atoms with Gasteiger partial charge in [0, 0.05) is 43.8 Å². The van der Waals surface area contributed by atoms with Crippen LogP contribution in [0.5, 0.6) is 5.88 Å². The van der Waals surface area contributed by atoms with Crippen molar-refractivity contribution < 1.29 is 9.53 Å². The number of anilines is 4. The Bertz CT molecular complexity index is 1180. The van der Waals surface area contributed by atoms with E-state index in [1.807, 2.05) is 31.2 Å². The fourth-order valence-electron chi connectivity index (χ4n) is 3.97. The summed E-state index contributed by atoms with van der Waals surface area (Å²) in [5.41, 5.74) is 3.97. The number of benzene rings is 2. The number of hydrogen-bond acceptors (Lipinski definition) is 7. The van der Waals surface area contributed by atoms with Crippen molar-refractivity contribution in [1.29, 1.82) is 0 Å². The van der Waals surface area contributed by atoms with Crippen molar-refractivity contribution in [3.8, 4) is 5.88 Å². The smallest absolute Gasteiger partial charge is 0.268 e. The number of likely N-dealkylation sites (N-methyl/N-ethyl adjacent to an activating group) is 1. The van der Waals surface area contributed by atoms with Crippen molar-refractivity contribution in [2.75, 3.05) is 55.1 Å². The summed E-state index contributed by atoms with van der Waals surface area (Å²) in [6, 6.07) is 13.7. The summed E-state index contributed by atoms with van der Waals surface area (Å²) in [4.78, 5) is 28.0. The van der Waals surface area contributed by atoms with E-state index in [0.29, 0.717) is 22.2 Å². The maximum absolute atomic E-state index is 13.0. The third kappa shape index (κ3) is 4.44. The SMILES string of the molecule is Cc1ccc(Cl)c(N2COc3nc(Nc4ccc(N5CCN(C)CC5)cc4)ncc3C2=O)c1. The van der Waals surface area contributed by atoms with E-state index in [1.165, 1.54) is 16.8 Å². The van der Waals surface area contributed by atoms with E-state index in [1.54, 1.807) is 6.07 Å². The number of aryl methyl sites for hydroxylation is 1. The first kappa shape index (κ1) is 21.5. The lowest BCUT2D eigenvalue weighted by Crippen LogP contribution is -2.44. The number of nitrogens with zero attached hydrogens (tertiary/aromatic N) is 5. The van der Waals surface area contributed by atoms with Gasteiger partial charge in [0.15, 0.2) is 6.73 Å². The molecule has 1 aromatic heterocycles. The summed E-state index contributed by atoms with van der Waals surface area (Å²) in [6.07, 6.45) is 1.49. The molecule has 5 rings (SSSR count). The molecule has 2 aliphatic rings. The fourth-order valence-corrected chi connectivity index (χ4v) is 4.19. The van der Waals surface area contributed by atoms with Gasteiger partial charge >= 0.3 is 0 Å². The number of carbonyl (C=O) groups excluding carboxylic acids is 1. The Morgan fingerprint density at radius 2 is 1.82 bits per heavy atom. The minimum atomic E-state index is -0.244. The van der Waals surface area contributed by atoms with Gasteiger partial charge in [0.2, 0.25) is 11.8 Å². The van der Waals surface area contributed by atoms with Crippen LogP contribution in [0.15, 0.2) is 48.7 Å². The van der Waals surface area contributed by atoms with Crippen LogP contribution in [0.4, 0.5) is 23.0 Å². The van der Waals surface area contributed by atoms with E-state index in [9.17, 15) is 4.79 Å². The predicted molar refractivity (Wildman–Crippen MR) is 130 cm³/mol. The highest BCUT2D eigenvalue weighted by atomic mass is 35.5. The monoisotopic (exact) mass is 464 g/mol. The highest BCUT2D eigenvalue weighted by molar-refractivity contribution is 6.34. The molecule has 2 aliphatic heterocycles. The average Bonchev–Trinajstić information content (AvgIpc) is 2.82. The van der Waals surface area contributed by atoms with E-state index in [4.69, 9.17) is 16.3 Å². The molecule has 8 nitrogen and oxygen atoms in total. The second-order valence-corrected chi connectivity index (χ2v) is 8.74. The van der Waals surface area contributed by atoms with Crippen LogP contribution in [-0.2, 0) is 0 Å². The van der Waals surface area contributed by atoms with Gasteiger partial charge in [-0.05, 0) is 55.9 Å². The van der Waals surface area contributed by atoms with E-state index >= 15 is 0 Å². The first-order valence-corrected chi connectivity index (χ1v) is 11.2. The second kappa shape index (κ2) is 8.88. The highest BCUT2D eigenvalue weighted by Gasteiger charge is 2.30. The molecule has 0 radical (unpaired) electrons. The summed E-state index contributed by atoms with van der Waals surface area (Å²) >= 11 is 6.31. The molecule has 0 unspecified atom stereocenters. The molecule has 3 heterocycles. The number of rotatable bonds is 4. The van der Waals surface area contributed by atoms with Crippen LogP contribution in [0, 0.1) is 6.92 Å². The topological polar surface area (TPSA) is 73.8 Å². The number of hydrogen-bond donors (Lipinski definition) is 1. The minimum Gasteiger partial charge on any atom is -0.455 e. The molecule has 1 amide bonds. The lowest BCUT2D eigenvalue weighted by Gasteiger charge is -2.34. The van der Waals surface area contributed by atoms with Gasteiger partial charge in [0.1, 0.15) is 5.56 Å². The van der Waals surface area contributed by atoms with E-state index in [2.05, 4.69) is 44.3 Å². The summed E-state index contributed by atoms with van der Waals surface area (Å²) < 4.78 is 5.79. The molecule has 0 aliphatic carbocycles. The number of ether oxygens (including phenoxy) is 1. The number of nitrogens with one attached hydrogen (secondary N) is 1. The first-order chi connectivity index (χ1) is 16.0. The number of fused-ring (bicyclic) bond motifs is 1. The predicted octanol–water partition coefficient (Wildman–Crippen LogP) is 3.93. The van der Waals surface area contributed by atoms with Crippen molar-refractivity contribution in [3.63, 3.8) is 0 Å². The standard InChI is InChI=1S/C24H25ClN6O2/c1-16-3-8-20(25)21(13-16)31-15-33-22-19(23(31)32)14-26-24(28-22)27-17-4-6-18(7-5-17)30-11-9-29(2)10-12-30/h3-8,13-14H,9-12,15H2,1-2H3,(H,26,27,28). The Balaban J connectivity index is 1.30. The Morgan fingerprint density at radius 1 is 1.06 bits per heavy atom. The number of aromatic nitrogens is 2. The minimum absolute atomic E-state index is 0.0329. The zero-order chi connectivity index (χ0) is 22.9. The van der Waals surface area contributed by atoms with E-state index in [-0.39, 0.29) is 18.5 Å². The molecule has 2 aromatic carbocycles. The molecular formula is C24H25ClN6O2. The van der Waals surface area contributed by atoms with Crippen LogP contribution < -0.4 is 19.9 Å². The van der Waals surface area contributed by atoms with E-state index < -0.39 is 0 Å². The summed E-state index contributed by atoms with van der Waals surface area (Å²) in [5, 5.41) is 3.68. The lowest BCUT2D eigenvalue weighted by molar-refractivity contribution is 0.0932. The third-order valence-electron chi connectivity index (χ3n) is 5.94. The number of piperazine rings is 1. The van der Waals surface area contributed by atoms with Crippen LogP contribution in [0.1, 0.15) is 15.9 Å². The van der Waals surface area contributed by atoms with Gasteiger partial charge in [-0.1, -0.05) is 17.7 Å². The molecule has 0 bridgehead atoms. The fraction of sp³-hybridized carbons (Fsp3) is 0.292. The third-order valence-corrected chi connectivity index (χ3v) is 6.26. The quantitative estimate of drug-likeness (QED) is 0.627. The van der Waals surface area contributed by atoms with Gasteiger partial charge in [-0.15, -0.1) is 0 Å². The molecule has 0 spiro atoms. The Hall–Kier alpha value is -3.36. The van der Waals surface area contributed by atoms with Gasteiger partial charge in [0.05, 0.1) is 10.7 Å². The largest absolute Gasteiger partial charge is 0.455 e. The summed E-state index contributed by atoms with van der Waals surface area (Å²) in [5.74, 6) is 0.384. The van der Waals surface area contributed by atoms with Crippen molar-refractivity contribution in [1.82, 2.24) is 14.9 Å². The van der Waals surface area contributed by atoms with Gasteiger partial charge in [-0.3, -0.25) is 9.69 Å². The number of halogens is 1. The van der Waals surface area contributed by atoms with E-state index in [0.717, 1.165) is 37.4 Å². The molecular weight excluding hydrogens is 440 g/mol. The molecule has 33 heavy (non-hydrogen) atoms. The lowest BCUT2D eigenvalue weighted by atomic mass is 10.2. The maximum Gasteiger partial charge on any atom is 0.268 e. The molecule has 1 fully saturated rings. The highest BCUT2D eigenvalue weighted by Crippen LogP contribution is 2.32. The zero-order valence-corrected chi connectivity index (χ0v) is 19.3. The second-order valence-electron chi connectivity index (χ2n) is 8.34. The van der Waals surface area contributed by atoms with Crippen LogP contribution in [0.2, 0.25) is 5.02 Å². The molecule has 170 valence electrons. The van der Waals surface area contributed by atoms with Crippen molar-refractivity contribution in [2.24, 2.45) is 0 Å². The molecule has 3 aromatic rings. The first-order valence-electron chi connectivity index (χ1n) is 10.9. The van der Waals surface area contributed by atoms with Gasteiger partial charge in [-0.2, -0.15) is 4.98 Å². The van der Waals surface area contributed by atoms with Crippen molar-refractivity contribution in [3.05, 3.63) is 64.8 Å². The van der Waals surface area contributed by atoms with Crippen LogP contribution >= 0.6 is 11.6 Å². The normalized spacial score (nSPS) is 16.4. The summed E-state index contributed by atoms with van der Waals surface area (Å²) in [7, 11) is 2.15. The van der Waals surface area contributed by atoms with Gasteiger partial charge in [0.25, 0.3) is 5.91 Å². The van der Waals surface area contributed by atoms with Crippen LogP contribution in [0.3, 0.4) is 0 Å². The summed E-state index contributed by atoms with van der Waals surface area (Å²) in [6.45, 7) is 6.15. The zero-order valence-electron chi connectivity index (χ0n) is 18.6. The Kier molecular flexibility index (Phi) is 5.78. The average molecular weight is 465 g/mol. The molecule has 1 N–H and O–H groups in total. The van der Waals surface area contributed by atoms with Crippen LogP contribution in [0.25, 0.3) is 0 Å². The van der Waals surface area contributed by atoms with Gasteiger partial charge < -0.3 is 19.9 Å². The van der Waals surface area contributed by atoms with Crippen molar-refractivity contribution >= 4 is 40.5 Å². The Labute approximate surface area is 197 Å². The molecule has 9 heteroatoms.